The van der Waals surface area contributed by atoms with Crippen LogP contribution in [0.3, 0.4) is 0 Å². The maximum Gasteiger partial charge on any atom is 0.176 e. The summed E-state index contributed by atoms with van der Waals surface area (Å²) in [5.74, 6) is 2.50. The normalized spacial score (nSPS) is 14.7. The predicted molar refractivity (Wildman–Crippen MR) is 109 cm³/mol. The number of anilines is 2. The summed E-state index contributed by atoms with van der Waals surface area (Å²) in [7, 11) is 1.94. The van der Waals surface area contributed by atoms with Crippen LogP contribution in [0.25, 0.3) is 17.0 Å². The van der Waals surface area contributed by atoms with Crippen LogP contribution < -0.4 is 9.80 Å². The molecule has 0 atom stereocenters. The molecule has 0 unspecified atom stereocenters. The molecule has 5 heterocycles. The van der Waals surface area contributed by atoms with E-state index in [-0.39, 0.29) is 0 Å². The lowest BCUT2D eigenvalue weighted by Crippen LogP contribution is -2.47. The average Bonchev–Trinajstić information content (AvgIpc) is 3.30. The van der Waals surface area contributed by atoms with Crippen molar-refractivity contribution in [2.75, 3.05) is 36.0 Å². The summed E-state index contributed by atoms with van der Waals surface area (Å²) < 4.78 is 3.73. The SMILES string of the molecule is Cc1cc(C)n(-c2ccc(N3CCN(c4ncnc5c4ncn5C)CC3)nn2)n1. The summed E-state index contributed by atoms with van der Waals surface area (Å²) >= 11 is 0. The molecule has 0 spiro atoms. The third kappa shape index (κ3) is 3.06. The maximum atomic E-state index is 4.48. The summed E-state index contributed by atoms with van der Waals surface area (Å²) in [6, 6.07) is 6.01. The molecule has 1 saturated heterocycles. The van der Waals surface area contributed by atoms with Crippen LogP contribution in [0.4, 0.5) is 11.6 Å². The Bertz CT molecular complexity index is 1150. The molecule has 4 aromatic heterocycles. The van der Waals surface area contributed by atoms with Gasteiger partial charge >= 0.3 is 0 Å². The van der Waals surface area contributed by atoms with Gasteiger partial charge in [0.15, 0.2) is 28.6 Å². The molecule has 0 bridgehead atoms. The van der Waals surface area contributed by atoms with Crippen molar-refractivity contribution in [1.82, 2.24) is 39.5 Å². The lowest BCUT2D eigenvalue weighted by molar-refractivity contribution is 0.637. The van der Waals surface area contributed by atoms with Gasteiger partial charge in [-0.15, -0.1) is 10.2 Å². The van der Waals surface area contributed by atoms with Gasteiger partial charge in [0, 0.05) is 38.9 Å². The quantitative estimate of drug-likeness (QED) is 0.516. The molecule has 1 fully saturated rings. The molecule has 10 heteroatoms. The Morgan fingerprint density at radius 1 is 0.862 bits per heavy atom. The van der Waals surface area contributed by atoms with E-state index in [0.29, 0.717) is 0 Å². The van der Waals surface area contributed by atoms with E-state index in [0.717, 1.165) is 66.2 Å². The Morgan fingerprint density at radius 2 is 1.59 bits per heavy atom. The number of fused-ring (bicyclic) bond motifs is 1. The molecule has 10 nitrogen and oxygen atoms in total. The van der Waals surface area contributed by atoms with E-state index >= 15 is 0 Å². The number of aryl methyl sites for hydroxylation is 3. The van der Waals surface area contributed by atoms with Crippen LogP contribution in [-0.4, -0.2) is 65.7 Å². The van der Waals surface area contributed by atoms with Crippen LogP contribution in [0.2, 0.25) is 0 Å². The van der Waals surface area contributed by atoms with Crippen LogP contribution in [0.15, 0.2) is 30.9 Å². The maximum absolute atomic E-state index is 4.48. The smallest absolute Gasteiger partial charge is 0.176 e. The third-order valence-electron chi connectivity index (χ3n) is 5.24. The van der Waals surface area contributed by atoms with Crippen molar-refractivity contribution in [2.45, 2.75) is 13.8 Å². The fourth-order valence-corrected chi connectivity index (χ4v) is 3.77. The zero-order valence-electron chi connectivity index (χ0n) is 16.7. The number of rotatable bonds is 3. The lowest BCUT2D eigenvalue weighted by Gasteiger charge is -2.35. The van der Waals surface area contributed by atoms with Crippen LogP contribution in [0.5, 0.6) is 0 Å². The van der Waals surface area contributed by atoms with E-state index in [1.54, 1.807) is 12.7 Å². The molecular formula is C19H22N10. The minimum absolute atomic E-state index is 0.733. The highest BCUT2D eigenvalue weighted by Gasteiger charge is 2.22. The molecule has 0 radical (unpaired) electrons. The Morgan fingerprint density at radius 3 is 2.28 bits per heavy atom. The standard InChI is InChI=1S/C19H22N10/c1-13-10-14(2)29(25-13)16-5-4-15(23-24-16)27-6-8-28(9-7-27)19-17-18(20-11-21-19)26(3)12-22-17/h4-5,10-12H,6-9H2,1-3H3. The highest BCUT2D eigenvalue weighted by atomic mass is 15.4. The van der Waals surface area contributed by atoms with Gasteiger partial charge in [-0.1, -0.05) is 0 Å². The highest BCUT2D eigenvalue weighted by Crippen LogP contribution is 2.23. The fourth-order valence-electron chi connectivity index (χ4n) is 3.77. The van der Waals surface area contributed by atoms with Crippen molar-refractivity contribution in [3.8, 4) is 5.82 Å². The third-order valence-corrected chi connectivity index (χ3v) is 5.24. The van der Waals surface area contributed by atoms with Crippen molar-refractivity contribution >= 4 is 22.8 Å². The van der Waals surface area contributed by atoms with E-state index in [2.05, 4.69) is 40.0 Å². The molecule has 5 rings (SSSR count). The van der Waals surface area contributed by atoms with Crippen LogP contribution in [0, 0.1) is 13.8 Å². The van der Waals surface area contributed by atoms with Gasteiger partial charge in [0.2, 0.25) is 0 Å². The minimum Gasteiger partial charge on any atom is -0.352 e. The second-order valence-corrected chi connectivity index (χ2v) is 7.29. The predicted octanol–water partition coefficient (Wildman–Crippen LogP) is 1.28. The lowest BCUT2D eigenvalue weighted by atomic mass is 10.3. The second kappa shape index (κ2) is 6.80. The fraction of sp³-hybridized carbons (Fsp3) is 0.368. The van der Waals surface area contributed by atoms with Gasteiger partial charge in [0.1, 0.15) is 6.33 Å². The largest absolute Gasteiger partial charge is 0.352 e. The van der Waals surface area contributed by atoms with Crippen LogP contribution in [0.1, 0.15) is 11.4 Å². The summed E-state index contributed by atoms with van der Waals surface area (Å²) in [4.78, 5) is 17.8. The van der Waals surface area contributed by atoms with Crippen molar-refractivity contribution in [1.29, 1.82) is 0 Å². The van der Waals surface area contributed by atoms with Gasteiger partial charge in [-0.25, -0.2) is 19.6 Å². The number of imidazole rings is 1. The molecule has 0 N–H and O–H groups in total. The molecule has 0 aromatic carbocycles. The highest BCUT2D eigenvalue weighted by molar-refractivity contribution is 5.83. The van der Waals surface area contributed by atoms with Gasteiger partial charge in [-0.2, -0.15) is 5.10 Å². The van der Waals surface area contributed by atoms with Gasteiger partial charge in [0.05, 0.1) is 12.0 Å². The molecule has 0 aliphatic carbocycles. The number of nitrogens with zero attached hydrogens (tertiary/aromatic N) is 10. The molecule has 0 amide bonds. The van der Waals surface area contributed by atoms with E-state index < -0.39 is 0 Å². The number of aromatic nitrogens is 8. The van der Waals surface area contributed by atoms with Crippen LogP contribution in [-0.2, 0) is 7.05 Å². The first-order chi connectivity index (χ1) is 14.1. The molecule has 29 heavy (non-hydrogen) atoms. The van der Waals surface area contributed by atoms with E-state index in [4.69, 9.17) is 0 Å². The molecular weight excluding hydrogens is 368 g/mol. The molecule has 0 saturated carbocycles. The van der Waals surface area contributed by atoms with Crippen molar-refractivity contribution in [2.24, 2.45) is 7.05 Å². The van der Waals surface area contributed by atoms with Gasteiger partial charge < -0.3 is 14.4 Å². The number of piperazine rings is 1. The average molecular weight is 390 g/mol. The van der Waals surface area contributed by atoms with Crippen LogP contribution >= 0.6 is 0 Å². The second-order valence-electron chi connectivity index (χ2n) is 7.29. The molecule has 1 aliphatic rings. The molecule has 4 aromatic rings. The summed E-state index contributed by atoms with van der Waals surface area (Å²) in [6.07, 6.45) is 3.38. The van der Waals surface area contributed by atoms with E-state index in [1.165, 1.54) is 0 Å². The Labute approximate surface area is 167 Å². The minimum atomic E-state index is 0.733. The topological polar surface area (TPSA) is 93.7 Å². The first-order valence-electron chi connectivity index (χ1n) is 9.59. The summed E-state index contributed by atoms with van der Waals surface area (Å²) in [5, 5.41) is 13.3. The summed E-state index contributed by atoms with van der Waals surface area (Å²) in [5.41, 5.74) is 3.71. The Kier molecular flexibility index (Phi) is 4.11. The summed E-state index contributed by atoms with van der Waals surface area (Å²) in [6.45, 7) is 7.34. The Hall–Kier alpha value is -3.56. The van der Waals surface area contributed by atoms with E-state index in [1.807, 2.05) is 48.3 Å². The molecule has 148 valence electrons. The number of hydrogen-bond donors (Lipinski definition) is 0. The van der Waals surface area contributed by atoms with Gasteiger partial charge in [-0.05, 0) is 32.0 Å². The monoisotopic (exact) mass is 390 g/mol. The first-order valence-corrected chi connectivity index (χ1v) is 9.59. The zero-order chi connectivity index (χ0) is 20.0. The first kappa shape index (κ1) is 17.5. The zero-order valence-corrected chi connectivity index (χ0v) is 16.7. The number of hydrogen-bond acceptors (Lipinski definition) is 8. The Balaban J connectivity index is 1.31. The molecule has 1 aliphatic heterocycles. The van der Waals surface area contributed by atoms with Gasteiger partial charge in [-0.3, -0.25) is 0 Å². The van der Waals surface area contributed by atoms with Crippen molar-refractivity contribution in [3.63, 3.8) is 0 Å². The van der Waals surface area contributed by atoms with Crippen molar-refractivity contribution < 1.29 is 0 Å². The van der Waals surface area contributed by atoms with Crippen molar-refractivity contribution in [3.05, 3.63) is 42.2 Å². The van der Waals surface area contributed by atoms with E-state index in [9.17, 15) is 0 Å². The van der Waals surface area contributed by atoms with Gasteiger partial charge in [0.25, 0.3) is 0 Å².